The zero-order chi connectivity index (χ0) is 31.8. The molecule has 6 aromatic carbocycles. The minimum atomic E-state index is -2.05. The van der Waals surface area contributed by atoms with Gasteiger partial charge in [-0.25, -0.2) is 0 Å². The Bertz CT molecular complexity index is 2820. The Hall–Kier alpha value is -5.26. The number of nitrogens with zero attached hydrogens (tertiary/aromatic N) is 2. The maximum Gasteiger partial charge on any atom is 0.333 e. The van der Waals surface area contributed by atoms with Gasteiger partial charge in [0, 0.05) is 55.3 Å². The van der Waals surface area contributed by atoms with Crippen molar-refractivity contribution in [3.63, 3.8) is 0 Å². The maximum atomic E-state index is 6.99. The Morgan fingerprint density at radius 2 is 1.40 bits per heavy atom. The number of aromatic nitrogens is 1. The van der Waals surface area contributed by atoms with Crippen LogP contribution in [0.5, 0.6) is 0 Å². The summed E-state index contributed by atoms with van der Waals surface area (Å²) in [7, 11) is -2.05. The molecule has 0 spiro atoms. The van der Waals surface area contributed by atoms with Crippen LogP contribution in [0.2, 0.25) is 13.1 Å². The lowest BCUT2D eigenvalue weighted by Crippen LogP contribution is -2.65. The summed E-state index contributed by atoms with van der Waals surface area (Å²) < 4.78 is 9.73. The first-order valence-electron chi connectivity index (χ1n) is 17.2. The van der Waals surface area contributed by atoms with Crippen LogP contribution in [0.4, 0.5) is 17.1 Å². The van der Waals surface area contributed by atoms with E-state index >= 15 is 0 Å². The fourth-order valence-corrected chi connectivity index (χ4v) is 13.3. The SMILES string of the molecule is CC1(C)c2ccccc2-c2c1c1cccc3c1n2B1c2cccc4c2N(c2ccccc2[Si]4(C)C)c2c1c-3cc1c2oc2ccccc21. The molecule has 0 saturated carbocycles. The van der Waals surface area contributed by atoms with E-state index in [1.165, 1.54) is 93.5 Å². The molecule has 0 saturated heterocycles. The van der Waals surface area contributed by atoms with E-state index in [4.69, 9.17) is 4.42 Å². The summed E-state index contributed by atoms with van der Waals surface area (Å²) in [6, 6.07) is 43.5. The highest BCUT2D eigenvalue weighted by Crippen LogP contribution is 2.56. The molecule has 0 amide bonds. The van der Waals surface area contributed by atoms with E-state index in [9.17, 15) is 0 Å². The predicted molar refractivity (Wildman–Crippen MR) is 204 cm³/mol. The average molecular weight is 631 g/mol. The third kappa shape index (κ3) is 2.65. The molecule has 0 unspecified atom stereocenters. The molecular weight excluding hydrogens is 599 g/mol. The van der Waals surface area contributed by atoms with Crippen LogP contribution >= 0.6 is 0 Å². The Morgan fingerprint density at radius 1 is 0.667 bits per heavy atom. The zero-order valence-corrected chi connectivity index (χ0v) is 28.3. The van der Waals surface area contributed by atoms with Crippen LogP contribution in [-0.4, -0.2) is 19.4 Å². The molecule has 0 radical (unpaired) electrons. The second-order valence-corrected chi connectivity index (χ2v) is 19.6. The predicted octanol–water partition coefficient (Wildman–Crippen LogP) is 8.40. The lowest BCUT2D eigenvalue weighted by Gasteiger charge is -2.47. The summed E-state index contributed by atoms with van der Waals surface area (Å²) in [5, 5.41) is 6.71. The third-order valence-corrected chi connectivity index (χ3v) is 15.8. The minimum absolute atomic E-state index is 0.0111. The fraction of sp³-hybridized carbons (Fsp3) is 0.116. The van der Waals surface area contributed by atoms with E-state index < -0.39 is 8.07 Å². The molecule has 12 rings (SSSR count). The smallest absolute Gasteiger partial charge is 0.333 e. The number of para-hydroxylation sites is 4. The van der Waals surface area contributed by atoms with Crippen molar-refractivity contribution in [2.24, 2.45) is 0 Å². The molecule has 0 N–H and O–H groups in total. The second-order valence-electron chi connectivity index (χ2n) is 15.3. The average Bonchev–Trinajstić information content (AvgIpc) is 3.73. The molecule has 1 aliphatic carbocycles. The monoisotopic (exact) mass is 630 g/mol. The number of anilines is 3. The molecule has 0 atom stereocenters. The molecule has 8 aromatic rings. The molecule has 0 bridgehead atoms. The Kier molecular flexibility index (Phi) is 4.33. The van der Waals surface area contributed by atoms with E-state index in [0.717, 1.165) is 11.2 Å². The quantitative estimate of drug-likeness (QED) is 0.157. The summed E-state index contributed by atoms with van der Waals surface area (Å²) in [6.45, 7) is 9.91. The normalized spacial score (nSPS) is 16.6. The fourth-order valence-electron chi connectivity index (χ4n) is 10.3. The van der Waals surface area contributed by atoms with Crippen molar-refractivity contribution in [3.05, 3.63) is 126 Å². The van der Waals surface area contributed by atoms with Crippen LogP contribution in [0.3, 0.4) is 0 Å². The van der Waals surface area contributed by atoms with E-state index in [1.54, 1.807) is 0 Å². The second kappa shape index (κ2) is 8.06. The number of rotatable bonds is 0. The number of hydrogen-bond donors (Lipinski definition) is 0. The van der Waals surface area contributed by atoms with Crippen molar-refractivity contribution in [3.8, 4) is 22.4 Å². The zero-order valence-electron chi connectivity index (χ0n) is 27.3. The molecule has 2 aromatic heterocycles. The molecule has 0 fully saturated rings. The van der Waals surface area contributed by atoms with Crippen molar-refractivity contribution in [2.75, 3.05) is 4.90 Å². The Labute approximate surface area is 280 Å². The summed E-state index contributed by atoms with van der Waals surface area (Å²) in [5.41, 5.74) is 18.0. The highest BCUT2D eigenvalue weighted by atomic mass is 28.3. The lowest BCUT2D eigenvalue weighted by molar-refractivity contribution is 0.666. The van der Waals surface area contributed by atoms with Crippen LogP contribution in [0, 0.1) is 0 Å². The van der Waals surface area contributed by atoms with Crippen LogP contribution in [-0.2, 0) is 5.41 Å². The van der Waals surface area contributed by atoms with E-state index in [-0.39, 0.29) is 12.3 Å². The van der Waals surface area contributed by atoms with Crippen molar-refractivity contribution < 1.29 is 4.42 Å². The van der Waals surface area contributed by atoms with Gasteiger partial charge in [-0.05, 0) is 56.2 Å². The van der Waals surface area contributed by atoms with Gasteiger partial charge < -0.3 is 13.8 Å². The van der Waals surface area contributed by atoms with Gasteiger partial charge in [-0.2, -0.15) is 0 Å². The highest BCUT2D eigenvalue weighted by molar-refractivity contribution is 7.04. The van der Waals surface area contributed by atoms with Gasteiger partial charge in [0.1, 0.15) is 13.7 Å². The largest absolute Gasteiger partial charge is 0.454 e. The van der Waals surface area contributed by atoms with Gasteiger partial charge in [-0.1, -0.05) is 124 Å². The molecule has 48 heavy (non-hydrogen) atoms. The van der Waals surface area contributed by atoms with Crippen LogP contribution < -0.4 is 26.2 Å². The number of furan rings is 1. The first kappa shape index (κ1) is 25.8. The van der Waals surface area contributed by atoms with Crippen molar-refractivity contribution in [1.82, 2.24) is 4.48 Å². The number of benzene rings is 6. The highest BCUT2D eigenvalue weighted by Gasteiger charge is 2.52. The molecular formula is C43H31BN2OSi. The van der Waals surface area contributed by atoms with Crippen molar-refractivity contribution in [1.29, 1.82) is 0 Å². The Balaban J connectivity index is 1.35. The van der Waals surface area contributed by atoms with Gasteiger partial charge in [-0.15, -0.1) is 0 Å². The standard InChI is InChI=1S/C43H31BN2OSi/c1-43(2)30-17-7-5-14-26(30)39-36(43)27-16-11-15-25-28-23-29-24-13-6-9-20-33(24)47-42(29)41-37(28)44(46(39)38(25)27)31-18-12-22-35-40(31)45(41)32-19-8-10-21-34(32)48(35,3)4/h5-23H,1-4H3. The first-order chi connectivity index (χ1) is 23.4. The van der Waals surface area contributed by atoms with Crippen LogP contribution in [0.15, 0.2) is 120 Å². The van der Waals surface area contributed by atoms with Crippen LogP contribution in [0.25, 0.3) is 55.2 Å². The van der Waals surface area contributed by atoms with E-state index in [2.05, 4.69) is 152 Å². The third-order valence-electron chi connectivity index (χ3n) is 12.3. The molecule has 5 heteroatoms. The summed E-state index contributed by atoms with van der Waals surface area (Å²) in [4.78, 5) is 2.60. The summed E-state index contributed by atoms with van der Waals surface area (Å²) in [5.74, 6) is 0. The van der Waals surface area contributed by atoms with Crippen LogP contribution in [0.1, 0.15) is 25.0 Å². The van der Waals surface area contributed by atoms with E-state index in [1.807, 2.05) is 0 Å². The number of fused-ring (bicyclic) bond motifs is 15. The van der Waals surface area contributed by atoms with Gasteiger partial charge in [0.15, 0.2) is 5.58 Å². The van der Waals surface area contributed by atoms with Gasteiger partial charge in [-0.3, -0.25) is 0 Å². The van der Waals surface area contributed by atoms with E-state index in [0.29, 0.717) is 0 Å². The maximum absolute atomic E-state index is 6.99. The Morgan fingerprint density at radius 3 is 2.31 bits per heavy atom. The number of hydrogen-bond acceptors (Lipinski definition) is 2. The lowest BCUT2D eigenvalue weighted by atomic mass is 9.45. The molecule has 3 aliphatic heterocycles. The molecule has 226 valence electrons. The van der Waals surface area contributed by atoms with Gasteiger partial charge >= 0.3 is 6.85 Å². The molecule has 3 nitrogen and oxygen atoms in total. The van der Waals surface area contributed by atoms with Crippen molar-refractivity contribution in [2.45, 2.75) is 32.4 Å². The van der Waals surface area contributed by atoms with Gasteiger partial charge in [0.25, 0.3) is 0 Å². The topological polar surface area (TPSA) is 21.3 Å². The molecule has 4 aliphatic rings. The van der Waals surface area contributed by atoms with Gasteiger partial charge in [0.2, 0.25) is 0 Å². The minimum Gasteiger partial charge on any atom is -0.454 e. The van der Waals surface area contributed by atoms with Gasteiger partial charge in [0.05, 0.1) is 5.69 Å². The summed E-state index contributed by atoms with van der Waals surface area (Å²) in [6.07, 6.45) is 0. The summed E-state index contributed by atoms with van der Waals surface area (Å²) >= 11 is 0. The molecule has 5 heterocycles. The van der Waals surface area contributed by atoms with Crippen molar-refractivity contribution >= 4 is 86.1 Å². The first-order valence-corrected chi connectivity index (χ1v) is 20.2.